The number of fused-ring (bicyclic) bond motifs is 1. The van der Waals surface area contributed by atoms with E-state index in [9.17, 15) is 9.18 Å². The van der Waals surface area contributed by atoms with E-state index in [0.717, 1.165) is 42.1 Å². The Morgan fingerprint density at radius 3 is 2.63 bits per heavy atom. The van der Waals surface area contributed by atoms with Crippen molar-refractivity contribution in [3.05, 3.63) is 60.0 Å². The highest BCUT2D eigenvalue weighted by Crippen LogP contribution is 2.28. The van der Waals surface area contributed by atoms with Crippen molar-refractivity contribution >= 4 is 22.5 Å². The van der Waals surface area contributed by atoms with Crippen molar-refractivity contribution in [3.63, 3.8) is 0 Å². The molecule has 1 fully saturated rings. The van der Waals surface area contributed by atoms with E-state index in [1.807, 2.05) is 46.9 Å². The van der Waals surface area contributed by atoms with Gasteiger partial charge in [0.05, 0.1) is 5.52 Å². The average molecular weight is 365 g/mol. The quantitative estimate of drug-likeness (QED) is 0.683. The van der Waals surface area contributed by atoms with Crippen LogP contribution < -0.4 is 4.90 Å². The second kappa shape index (κ2) is 6.72. The molecule has 140 valence electrons. The predicted octanol–water partition coefficient (Wildman–Crippen LogP) is 4.14. The predicted molar refractivity (Wildman–Crippen MR) is 107 cm³/mol. The molecule has 5 heteroatoms. The Kier molecular flexibility index (Phi) is 4.38. The van der Waals surface area contributed by atoms with Crippen molar-refractivity contribution in [2.24, 2.45) is 0 Å². The molecule has 2 aromatic carbocycles. The van der Waals surface area contributed by atoms with E-state index in [0.29, 0.717) is 5.39 Å². The van der Waals surface area contributed by atoms with Gasteiger partial charge in [0.25, 0.3) is 0 Å². The fraction of sp³-hybridized carbons (Fsp3) is 0.318. The number of benzene rings is 2. The van der Waals surface area contributed by atoms with E-state index in [2.05, 4.69) is 24.0 Å². The van der Waals surface area contributed by atoms with E-state index in [1.54, 1.807) is 6.92 Å². The maximum atomic E-state index is 14.2. The van der Waals surface area contributed by atoms with Crippen LogP contribution in [0, 0.1) is 12.7 Å². The number of nitrogens with zero attached hydrogens (tertiary/aromatic N) is 3. The summed E-state index contributed by atoms with van der Waals surface area (Å²) >= 11 is 0. The molecule has 0 aliphatic carbocycles. The van der Waals surface area contributed by atoms with Crippen molar-refractivity contribution in [3.8, 4) is 5.69 Å². The topological polar surface area (TPSA) is 28.5 Å². The number of carbonyl (C=O) groups excluding carboxylic acids is 1. The third-order valence-electron chi connectivity index (χ3n) is 5.50. The number of piperazine rings is 1. The lowest BCUT2D eigenvalue weighted by Gasteiger charge is -2.40. The van der Waals surface area contributed by atoms with Gasteiger partial charge in [-0.3, -0.25) is 4.79 Å². The minimum Gasteiger partial charge on any atom is -0.368 e. The first-order valence-electron chi connectivity index (χ1n) is 9.34. The zero-order chi connectivity index (χ0) is 19.1. The van der Waals surface area contributed by atoms with Gasteiger partial charge in [0, 0.05) is 55.6 Å². The van der Waals surface area contributed by atoms with Gasteiger partial charge in [-0.05, 0) is 49.7 Å². The first-order chi connectivity index (χ1) is 13.0. The highest BCUT2D eigenvalue weighted by molar-refractivity contribution is 5.85. The van der Waals surface area contributed by atoms with Crippen LogP contribution in [0.3, 0.4) is 0 Å². The van der Waals surface area contributed by atoms with Gasteiger partial charge in [0.15, 0.2) is 0 Å². The molecule has 0 N–H and O–H groups in total. The van der Waals surface area contributed by atoms with E-state index in [4.69, 9.17) is 0 Å². The number of hydrogen-bond donors (Lipinski definition) is 0. The Hall–Kier alpha value is -2.82. The number of hydrogen-bond acceptors (Lipinski definition) is 2. The maximum absolute atomic E-state index is 14.2. The molecule has 1 aliphatic heterocycles. The zero-order valence-corrected chi connectivity index (χ0v) is 15.9. The van der Waals surface area contributed by atoms with Crippen LogP contribution >= 0.6 is 0 Å². The number of aryl methyl sites for hydroxylation is 1. The number of rotatable bonds is 2. The minimum atomic E-state index is -0.195. The molecule has 1 atom stereocenters. The molecular formula is C22H24FN3O. The Labute approximate surface area is 158 Å². The van der Waals surface area contributed by atoms with Gasteiger partial charge in [-0.15, -0.1) is 0 Å². The molecule has 0 saturated carbocycles. The standard InChI is InChI=1S/C22H24FN3O/c1-15-7-8-21(23)20-9-10-26(22(15)20)19-6-4-5-18(13-19)24-11-12-25(17(3)27)16(2)14-24/h4-10,13,16H,11-12,14H2,1-3H3. The third kappa shape index (κ3) is 3.07. The molecule has 2 heterocycles. The molecule has 1 unspecified atom stereocenters. The Balaban J connectivity index is 1.68. The summed E-state index contributed by atoms with van der Waals surface area (Å²) in [5.41, 5.74) is 4.09. The molecule has 1 aromatic heterocycles. The molecule has 1 aliphatic rings. The normalized spacial score (nSPS) is 17.6. The monoisotopic (exact) mass is 365 g/mol. The van der Waals surface area contributed by atoms with Crippen molar-refractivity contribution in [1.29, 1.82) is 0 Å². The molecule has 1 amide bonds. The molecule has 4 rings (SSSR count). The maximum Gasteiger partial charge on any atom is 0.219 e. The lowest BCUT2D eigenvalue weighted by molar-refractivity contribution is -0.131. The number of anilines is 1. The van der Waals surface area contributed by atoms with Gasteiger partial charge >= 0.3 is 0 Å². The summed E-state index contributed by atoms with van der Waals surface area (Å²) in [6.07, 6.45) is 1.93. The van der Waals surface area contributed by atoms with Gasteiger partial charge < -0.3 is 14.4 Å². The summed E-state index contributed by atoms with van der Waals surface area (Å²) in [6, 6.07) is 13.7. The van der Waals surface area contributed by atoms with Crippen LogP contribution in [0.1, 0.15) is 19.4 Å². The Bertz CT molecular complexity index is 1010. The highest BCUT2D eigenvalue weighted by atomic mass is 19.1. The highest BCUT2D eigenvalue weighted by Gasteiger charge is 2.25. The average Bonchev–Trinajstić information content (AvgIpc) is 3.11. The summed E-state index contributed by atoms with van der Waals surface area (Å²) in [6.45, 7) is 8.08. The van der Waals surface area contributed by atoms with E-state index < -0.39 is 0 Å². The van der Waals surface area contributed by atoms with Crippen molar-refractivity contribution in [2.45, 2.75) is 26.8 Å². The molecular weight excluding hydrogens is 341 g/mol. The fourth-order valence-corrected chi connectivity index (χ4v) is 4.11. The van der Waals surface area contributed by atoms with Crippen molar-refractivity contribution in [1.82, 2.24) is 9.47 Å². The first-order valence-corrected chi connectivity index (χ1v) is 9.34. The van der Waals surface area contributed by atoms with Gasteiger partial charge in [-0.1, -0.05) is 12.1 Å². The van der Waals surface area contributed by atoms with Crippen LogP contribution in [0.2, 0.25) is 0 Å². The van der Waals surface area contributed by atoms with Gasteiger partial charge in [-0.2, -0.15) is 0 Å². The van der Waals surface area contributed by atoms with Crippen LogP contribution in [0.4, 0.5) is 10.1 Å². The van der Waals surface area contributed by atoms with Gasteiger partial charge in [0.1, 0.15) is 5.82 Å². The van der Waals surface area contributed by atoms with E-state index in [-0.39, 0.29) is 17.8 Å². The van der Waals surface area contributed by atoms with E-state index >= 15 is 0 Å². The largest absolute Gasteiger partial charge is 0.368 e. The molecule has 4 nitrogen and oxygen atoms in total. The Morgan fingerprint density at radius 1 is 1.11 bits per heavy atom. The SMILES string of the molecule is CC(=O)N1CCN(c2cccc(-n3ccc4c(F)ccc(C)c43)c2)CC1C. The summed E-state index contributed by atoms with van der Waals surface area (Å²) in [5.74, 6) is -0.0631. The lowest BCUT2D eigenvalue weighted by atomic mass is 10.1. The zero-order valence-electron chi connectivity index (χ0n) is 15.9. The molecule has 0 radical (unpaired) electrons. The Morgan fingerprint density at radius 2 is 1.89 bits per heavy atom. The summed E-state index contributed by atoms with van der Waals surface area (Å²) in [5, 5.41) is 0.643. The lowest BCUT2D eigenvalue weighted by Crippen LogP contribution is -2.53. The summed E-state index contributed by atoms with van der Waals surface area (Å²) < 4.78 is 16.2. The van der Waals surface area contributed by atoms with Gasteiger partial charge in [0.2, 0.25) is 5.91 Å². The molecule has 0 spiro atoms. The number of carbonyl (C=O) groups is 1. The van der Waals surface area contributed by atoms with Crippen LogP contribution in [-0.2, 0) is 4.79 Å². The summed E-state index contributed by atoms with van der Waals surface area (Å²) in [4.78, 5) is 16.0. The summed E-state index contributed by atoms with van der Waals surface area (Å²) in [7, 11) is 0. The fourth-order valence-electron chi connectivity index (χ4n) is 4.11. The minimum absolute atomic E-state index is 0.132. The van der Waals surface area contributed by atoms with Gasteiger partial charge in [-0.25, -0.2) is 4.39 Å². The second-order valence-corrected chi connectivity index (χ2v) is 7.34. The first kappa shape index (κ1) is 17.6. The molecule has 1 saturated heterocycles. The van der Waals surface area contributed by atoms with Crippen molar-refractivity contribution < 1.29 is 9.18 Å². The third-order valence-corrected chi connectivity index (χ3v) is 5.50. The van der Waals surface area contributed by atoms with Crippen LogP contribution in [0.25, 0.3) is 16.6 Å². The molecule has 0 bridgehead atoms. The van der Waals surface area contributed by atoms with Crippen LogP contribution in [0.5, 0.6) is 0 Å². The smallest absolute Gasteiger partial charge is 0.219 e. The molecule has 3 aromatic rings. The molecule has 27 heavy (non-hydrogen) atoms. The van der Waals surface area contributed by atoms with Crippen molar-refractivity contribution in [2.75, 3.05) is 24.5 Å². The van der Waals surface area contributed by atoms with Crippen LogP contribution in [-0.4, -0.2) is 41.1 Å². The van der Waals surface area contributed by atoms with Crippen LogP contribution in [0.15, 0.2) is 48.7 Å². The van der Waals surface area contributed by atoms with E-state index in [1.165, 1.54) is 6.07 Å². The number of aromatic nitrogens is 1. The number of halogens is 1. The second-order valence-electron chi connectivity index (χ2n) is 7.34. The number of amides is 1.